The van der Waals surface area contributed by atoms with Crippen LogP contribution in [0, 0.1) is 5.41 Å². The van der Waals surface area contributed by atoms with Gasteiger partial charge in [-0.05, 0) is 35.4 Å². The van der Waals surface area contributed by atoms with Crippen molar-refractivity contribution in [3.05, 3.63) is 59.7 Å². The molecule has 0 fully saturated rings. The van der Waals surface area contributed by atoms with Crippen molar-refractivity contribution in [1.29, 1.82) is 0 Å². The monoisotopic (exact) mass is 314 g/mol. The first kappa shape index (κ1) is 17.4. The van der Waals surface area contributed by atoms with Gasteiger partial charge in [-0.15, -0.1) is 0 Å². The number of rotatable bonds is 6. The zero-order valence-electron chi connectivity index (χ0n) is 14.3. The topological polar surface area (TPSA) is 49.7 Å². The molecule has 0 bridgehead atoms. The van der Waals surface area contributed by atoms with Gasteiger partial charge < -0.3 is 14.9 Å². The summed E-state index contributed by atoms with van der Waals surface area (Å²) >= 11 is 0. The molecule has 0 unspecified atom stereocenters. The second kappa shape index (κ2) is 6.63. The number of aliphatic hydroxyl groups excluding tert-OH is 1. The van der Waals surface area contributed by atoms with E-state index in [1.165, 1.54) is 5.56 Å². The Morgan fingerprint density at radius 2 is 1.30 bits per heavy atom. The van der Waals surface area contributed by atoms with Gasteiger partial charge in [0, 0.05) is 10.8 Å². The van der Waals surface area contributed by atoms with Crippen LogP contribution in [-0.4, -0.2) is 23.4 Å². The van der Waals surface area contributed by atoms with Crippen molar-refractivity contribution in [2.45, 2.75) is 33.1 Å². The average Bonchev–Trinajstić information content (AvgIpc) is 2.54. The van der Waals surface area contributed by atoms with Crippen molar-refractivity contribution in [2.75, 3.05) is 13.2 Å². The average molecular weight is 314 g/mol. The standard InChI is InChI=1S/C20H26O3/c1-19(2,13-21)14-23-18-11-7-16(8-12-18)20(3,4)15-5-9-17(22)10-6-15/h5-12,21-22H,13-14H2,1-4H3. The number of aromatic hydroxyl groups is 1. The summed E-state index contributed by atoms with van der Waals surface area (Å²) in [4.78, 5) is 0. The van der Waals surface area contributed by atoms with Crippen molar-refractivity contribution in [1.82, 2.24) is 0 Å². The van der Waals surface area contributed by atoms with E-state index >= 15 is 0 Å². The molecule has 0 heterocycles. The van der Waals surface area contributed by atoms with Gasteiger partial charge in [-0.3, -0.25) is 0 Å². The zero-order chi connectivity index (χ0) is 17.1. The summed E-state index contributed by atoms with van der Waals surface area (Å²) in [5.41, 5.74) is 1.92. The summed E-state index contributed by atoms with van der Waals surface area (Å²) in [5, 5.41) is 18.7. The first-order valence-corrected chi connectivity index (χ1v) is 7.88. The van der Waals surface area contributed by atoms with E-state index in [-0.39, 0.29) is 23.2 Å². The highest BCUT2D eigenvalue weighted by molar-refractivity contribution is 5.41. The summed E-state index contributed by atoms with van der Waals surface area (Å²) in [6.45, 7) is 8.82. The summed E-state index contributed by atoms with van der Waals surface area (Å²) < 4.78 is 5.76. The molecule has 0 spiro atoms. The normalized spacial score (nSPS) is 12.2. The van der Waals surface area contributed by atoms with Gasteiger partial charge in [-0.1, -0.05) is 52.0 Å². The molecule has 0 atom stereocenters. The van der Waals surface area contributed by atoms with Gasteiger partial charge >= 0.3 is 0 Å². The molecule has 2 aromatic carbocycles. The van der Waals surface area contributed by atoms with Crippen LogP contribution in [0.1, 0.15) is 38.8 Å². The van der Waals surface area contributed by atoms with Crippen molar-refractivity contribution in [3.63, 3.8) is 0 Å². The van der Waals surface area contributed by atoms with E-state index in [1.807, 2.05) is 38.1 Å². The lowest BCUT2D eigenvalue weighted by Gasteiger charge is -2.27. The molecule has 0 amide bonds. The fourth-order valence-corrected chi connectivity index (χ4v) is 2.34. The Bertz CT molecular complexity index is 625. The van der Waals surface area contributed by atoms with E-state index in [1.54, 1.807) is 12.1 Å². The van der Waals surface area contributed by atoms with Crippen LogP contribution in [0.15, 0.2) is 48.5 Å². The summed E-state index contributed by atoms with van der Waals surface area (Å²) in [6, 6.07) is 15.4. The molecule has 0 aliphatic rings. The van der Waals surface area contributed by atoms with Crippen molar-refractivity contribution in [2.24, 2.45) is 5.41 Å². The van der Waals surface area contributed by atoms with Crippen molar-refractivity contribution < 1.29 is 14.9 Å². The van der Waals surface area contributed by atoms with Crippen LogP contribution < -0.4 is 4.74 Å². The predicted octanol–water partition coefficient (Wildman–Crippen LogP) is 4.12. The van der Waals surface area contributed by atoms with Crippen LogP contribution in [0.4, 0.5) is 0 Å². The molecular formula is C20H26O3. The molecule has 3 nitrogen and oxygen atoms in total. The molecule has 0 aliphatic heterocycles. The molecule has 0 saturated heterocycles. The maximum atomic E-state index is 9.44. The molecule has 0 aromatic heterocycles. The largest absolute Gasteiger partial charge is 0.508 e. The quantitative estimate of drug-likeness (QED) is 0.843. The number of aliphatic hydroxyl groups is 1. The van der Waals surface area contributed by atoms with Crippen LogP contribution in [0.2, 0.25) is 0 Å². The Kier molecular flexibility index (Phi) is 5.00. The maximum Gasteiger partial charge on any atom is 0.119 e. The van der Waals surface area contributed by atoms with Gasteiger partial charge in [-0.2, -0.15) is 0 Å². The van der Waals surface area contributed by atoms with Gasteiger partial charge in [-0.25, -0.2) is 0 Å². The molecule has 23 heavy (non-hydrogen) atoms. The highest BCUT2D eigenvalue weighted by Gasteiger charge is 2.23. The third-order valence-electron chi connectivity index (χ3n) is 4.22. The van der Waals surface area contributed by atoms with Crippen molar-refractivity contribution in [3.8, 4) is 11.5 Å². The Balaban J connectivity index is 2.13. The molecule has 0 radical (unpaired) electrons. The maximum absolute atomic E-state index is 9.44. The number of hydrogen-bond acceptors (Lipinski definition) is 3. The second-order valence-electron chi connectivity index (χ2n) is 7.31. The minimum absolute atomic E-state index is 0.0962. The summed E-state index contributed by atoms with van der Waals surface area (Å²) in [6.07, 6.45) is 0. The Hall–Kier alpha value is -2.00. The lowest BCUT2D eigenvalue weighted by atomic mass is 9.78. The van der Waals surface area contributed by atoms with Crippen LogP contribution >= 0.6 is 0 Å². The molecule has 2 rings (SSSR count). The molecule has 2 N–H and O–H groups in total. The van der Waals surface area contributed by atoms with Gasteiger partial charge in [0.25, 0.3) is 0 Å². The van der Waals surface area contributed by atoms with Gasteiger partial charge in [0.05, 0.1) is 13.2 Å². The zero-order valence-corrected chi connectivity index (χ0v) is 14.3. The highest BCUT2D eigenvalue weighted by Crippen LogP contribution is 2.33. The Morgan fingerprint density at radius 3 is 1.78 bits per heavy atom. The van der Waals surface area contributed by atoms with Gasteiger partial charge in [0.1, 0.15) is 11.5 Å². The van der Waals surface area contributed by atoms with E-state index in [4.69, 9.17) is 4.74 Å². The van der Waals surface area contributed by atoms with E-state index in [9.17, 15) is 10.2 Å². The van der Waals surface area contributed by atoms with Crippen LogP contribution in [0.5, 0.6) is 11.5 Å². The Labute approximate surface area is 138 Å². The lowest BCUT2D eigenvalue weighted by molar-refractivity contribution is 0.0975. The van der Waals surface area contributed by atoms with Crippen molar-refractivity contribution >= 4 is 0 Å². The molecule has 0 saturated carbocycles. The third kappa shape index (κ3) is 4.26. The number of phenols is 1. The highest BCUT2D eigenvalue weighted by atomic mass is 16.5. The summed E-state index contributed by atoms with van der Waals surface area (Å²) in [7, 11) is 0. The number of hydrogen-bond donors (Lipinski definition) is 2. The van der Waals surface area contributed by atoms with E-state index in [0.29, 0.717) is 6.61 Å². The molecular weight excluding hydrogens is 288 g/mol. The number of phenolic OH excluding ortho intramolecular Hbond substituents is 1. The van der Waals surface area contributed by atoms with E-state index in [0.717, 1.165) is 11.3 Å². The number of ether oxygens (including phenoxy) is 1. The number of benzene rings is 2. The fraction of sp³-hybridized carbons (Fsp3) is 0.400. The summed E-state index contributed by atoms with van der Waals surface area (Å²) in [5.74, 6) is 1.08. The molecule has 3 heteroatoms. The Morgan fingerprint density at radius 1 is 0.826 bits per heavy atom. The van der Waals surface area contributed by atoms with Gasteiger partial charge in [0.2, 0.25) is 0 Å². The smallest absolute Gasteiger partial charge is 0.119 e. The molecule has 2 aromatic rings. The molecule has 0 aliphatic carbocycles. The third-order valence-corrected chi connectivity index (χ3v) is 4.22. The SMILES string of the molecule is CC(C)(CO)COc1ccc(C(C)(C)c2ccc(O)cc2)cc1. The first-order valence-electron chi connectivity index (χ1n) is 7.88. The second-order valence-corrected chi connectivity index (χ2v) is 7.31. The minimum Gasteiger partial charge on any atom is -0.508 e. The van der Waals surface area contributed by atoms with E-state index in [2.05, 4.69) is 26.0 Å². The lowest BCUT2D eigenvalue weighted by Crippen LogP contribution is -2.25. The predicted molar refractivity (Wildman–Crippen MR) is 93.0 cm³/mol. The van der Waals surface area contributed by atoms with Crippen LogP contribution in [0.3, 0.4) is 0 Å². The van der Waals surface area contributed by atoms with Gasteiger partial charge in [0.15, 0.2) is 0 Å². The molecule has 124 valence electrons. The van der Waals surface area contributed by atoms with E-state index < -0.39 is 0 Å². The van der Waals surface area contributed by atoms with Crippen LogP contribution in [0.25, 0.3) is 0 Å². The van der Waals surface area contributed by atoms with Crippen LogP contribution in [-0.2, 0) is 5.41 Å². The minimum atomic E-state index is -0.246. The first-order chi connectivity index (χ1) is 10.7. The fourth-order valence-electron chi connectivity index (χ4n) is 2.34.